The zero-order valence-electron chi connectivity index (χ0n) is 15.9. The number of carbonyl (C=O) groups is 1. The van der Waals surface area contributed by atoms with Gasteiger partial charge in [0.2, 0.25) is 0 Å². The summed E-state index contributed by atoms with van der Waals surface area (Å²) in [5.41, 5.74) is 1.57. The van der Waals surface area contributed by atoms with Gasteiger partial charge in [-0.15, -0.1) is 0 Å². The van der Waals surface area contributed by atoms with E-state index < -0.39 is 0 Å². The molecule has 1 aliphatic heterocycles. The lowest BCUT2D eigenvalue weighted by molar-refractivity contribution is -0.113. The molecular weight excluding hydrogens is 394 g/mol. The number of hydrogen-bond acceptors (Lipinski definition) is 6. The minimum absolute atomic E-state index is 0.145. The Morgan fingerprint density at radius 3 is 2.39 bits per heavy atom. The maximum atomic E-state index is 12.9. The Hall–Kier alpha value is -2.51. The molecule has 0 saturated carbocycles. The molecule has 28 heavy (non-hydrogen) atoms. The van der Waals surface area contributed by atoms with Gasteiger partial charge >= 0.3 is 0 Å². The van der Waals surface area contributed by atoms with Gasteiger partial charge in [0.1, 0.15) is 5.75 Å². The number of methoxy groups -OCH3 is 1. The van der Waals surface area contributed by atoms with Crippen molar-refractivity contribution in [3.63, 3.8) is 0 Å². The Bertz CT molecular complexity index is 909. The summed E-state index contributed by atoms with van der Waals surface area (Å²) < 4.78 is 16.9. The molecule has 2 aromatic carbocycles. The summed E-state index contributed by atoms with van der Waals surface area (Å²) in [4.78, 5) is 15.0. The molecule has 2 aromatic rings. The van der Waals surface area contributed by atoms with Crippen molar-refractivity contribution in [2.45, 2.75) is 13.8 Å². The Morgan fingerprint density at radius 2 is 1.75 bits per heavy atom. The second kappa shape index (κ2) is 9.12. The first-order valence-corrected chi connectivity index (χ1v) is 10.1. The van der Waals surface area contributed by atoms with Crippen molar-refractivity contribution in [3.8, 4) is 17.2 Å². The van der Waals surface area contributed by atoms with Crippen LogP contribution in [0.1, 0.15) is 19.4 Å². The van der Waals surface area contributed by atoms with Gasteiger partial charge in [-0.05, 0) is 61.9 Å². The van der Waals surface area contributed by atoms with E-state index in [4.69, 9.17) is 26.4 Å². The Balaban J connectivity index is 1.85. The molecule has 0 unspecified atom stereocenters. The lowest BCUT2D eigenvalue weighted by Gasteiger charge is -2.15. The van der Waals surface area contributed by atoms with E-state index in [1.165, 1.54) is 16.7 Å². The van der Waals surface area contributed by atoms with Crippen LogP contribution in [-0.2, 0) is 4.79 Å². The predicted octanol–water partition coefficient (Wildman–Crippen LogP) is 4.90. The van der Waals surface area contributed by atoms with Gasteiger partial charge in [-0.25, -0.2) is 0 Å². The molecule has 0 spiro atoms. The third kappa shape index (κ3) is 4.31. The molecule has 0 radical (unpaired) electrons. The zero-order valence-corrected chi connectivity index (χ0v) is 17.6. The number of thioether (sulfide) groups is 1. The zero-order chi connectivity index (χ0) is 20.1. The van der Waals surface area contributed by atoms with Crippen LogP contribution in [0.5, 0.6) is 17.2 Å². The van der Waals surface area contributed by atoms with E-state index in [9.17, 15) is 4.79 Å². The van der Waals surface area contributed by atoms with Crippen LogP contribution in [0.2, 0.25) is 0 Å². The van der Waals surface area contributed by atoms with Crippen molar-refractivity contribution in [1.29, 1.82) is 0 Å². The van der Waals surface area contributed by atoms with Crippen molar-refractivity contribution < 1.29 is 19.0 Å². The van der Waals surface area contributed by atoms with Crippen molar-refractivity contribution in [1.82, 2.24) is 0 Å². The highest BCUT2D eigenvalue weighted by atomic mass is 32.2. The summed E-state index contributed by atoms with van der Waals surface area (Å²) in [5, 5.41) is 0. The highest BCUT2D eigenvalue weighted by Gasteiger charge is 2.33. The van der Waals surface area contributed by atoms with Crippen LogP contribution in [0.4, 0.5) is 5.69 Å². The van der Waals surface area contributed by atoms with Crippen molar-refractivity contribution in [2.75, 3.05) is 25.2 Å². The molecule has 0 N–H and O–H groups in total. The highest BCUT2D eigenvalue weighted by molar-refractivity contribution is 8.27. The highest BCUT2D eigenvalue weighted by Crippen LogP contribution is 2.37. The molecule has 1 aliphatic rings. The van der Waals surface area contributed by atoms with Crippen LogP contribution in [0, 0.1) is 0 Å². The van der Waals surface area contributed by atoms with Gasteiger partial charge in [0.15, 0.2) is 15.8 Å². The largest absolute Gasteiger partial charge is 0.494 e. The van der Waals surface area contributed by atoms with Crippen LogP contribution in [-0.4, -0.2) is 30.6 Å². The standard InChI is InChI=1S/C21H21NO4S2/c1-4-25-16-9-7-15(8-10-16)22-20(23)19(28-21(22)27)13-14-6-11-17(24-3)18(12-14)26-5-2/h6-13H,4-5H2,1-3H3/b19-13+. The molecule has 146 valence electrons. The SMILES string of the molecule is CCOc1ccc(N2C(=O)/C(=C\c3ccc(OC)c(OCC)c3)SC2=S)cc1. The van der Waals surface area contributed by atoms with E-state index in [2.05, 4.69) is 0 Å². The van der Waals surface area contributed by atoms with Crippen LogP contribution in [0.15, 0.2) is 47.4 Å². The van der Waals surface area contributed by atoms with Crippen LogP contribution >= 0.6 is 24.0 Å². The maximum absolute atomic E-state index is 12.9. The van der Waals surface area contributed by atoms with Crippen LogP contribution in [0.25, 0.3) is 6.08 Å². The average molecular weight is 416 g/mol. The van der Waals surface area contributed by atoms with E-state index in [0.717, 1.165) is 17.0 Å². The van der Waals surface area contributed by atoms with Gasteiger partial charge < -0.3 is 14.2 Å². The second-order valence-electron chi connectivity index (χ2n) is 5.79. The quantitative estimate of drug-likeness (QED) is 0.474. The number of anilines is 1. The Kier molecular flexibility index (Phi) is 6.59. The molecule has 0 bridgehead atoms. The van der Waals surface area contributed by atoms with E-state index in [0.29, 0.717) is 33.9 Å². The Morgan fingerprint density at radius 1 is 1.04 bits per heavy atom. The van der Waals surface area contributed by atoms with Crippen molar-refractivity contribution in [3.05, 3.63) is 52.9 Å². The summed E-state index contributed by atoms with van der Waals surface area (Å²) in [6.45, 7) is 4.96. The number of thiocarbonyl (C=S) groups is 1. The first-order valence-electron chi connectivity index (χ1n) is 8.89. The number of amides is 1. The topological polar surface area (TPSA) is 48.0 Å². The summed E-state index contributed by atoms with van der Waals surface area (Å²) in [7, 11) is 1.60. The molecule has 5 nitrogen and oxygen atoms in total. The molecule has 0 aliphatic carbocycles. The summed E-state index contributed by atoms with van der Waals surface area (Å²) >= 11 is 6.72. The fraction of sp³-hybridized carbons (Fsp3) is 0.238. The van der Waals surface area contributed by atoms with Gasteiger partial charge in [-0.2, -0.15) is 0 Å². The van der Waals surface area contributed by atoms with Crippen LogP contribution in [0.3, 0.4) is 0 Å². The first kappa shape index (κ1) is 20.2. The Labute approximate surface area is 174 Å². The fourth-order valence-corrected chi connectivity index (χ4v) is 4.05. The minimum Gasteiger partial charge on any atom is -0.494 e. The molecule has 7 heteroatoms. The number of ether oxygens (including phenoxy) is 3. The summed E-state index contributed by atoms with van der Waals surface area (Å²) in [5.74, 6) is 1.91. The predicted molar refractivity (Wildman–Crippen MR) is 117 cm³/mol. The van der Waals surface area contributed by atoms with E-state index >= 15 is 0 Å². The minimum atomic E-state index is -0.145. The maximum Gasteiger partial charge on any atom is 0.270 e. The molecule has 1 fully saturated rings. The number of benzene rings is 2. The smallest absolute Gasteiger partial charge is 0.270 e. The van der Waals surface area contributed by atoms with E-state index in [1.54, 1.807) is 7.11 Å². The van der Waals surface area contributed by atoms with Gasteiger partial charge in [-0.3, -0.25) is 9.69 Å². The molecule has 1 heterocycles. The lowest BCUT2D eigenvalue weighted by atomic mass is 10.2. The van der Waals surface area contributed by atoms with Crippen molar-refractivity contribution >= 4 is 46.0 Å². The number of hydrogen-bond donors (Lipinski definition) is 0. The fourth-order valence-electron chi connectivity index (χ4n) is 2.75. The number of rotatable bonds is 7. The second-order valence-corrected chi connectivity index (χ2v) is 7.46. The number of carbonyl (C=O) groups excluding carboxylic acids is 1. The molecular formula is C21H21NO4S2. The van der Waals surface area contributed by atoms with Gasteiger partial charge in [0, 0.05) is 0 Å². The third-order valence-corrected chi connectivity index (χ3v) is 5.29. The molecule has 3 rings (SSSR count). The van der Waals surface area contributed by atoms with E-state index in [1.807, 2.05) is 62.4 Å². The third-order valence-electron chi connectivity index (χ3n) is 3.98. The van der Waals surface area contributed by atoms with Crippen LogP contribution < -0.4 is 19.1 Å². The van der Waals surface area contributed by atoms with Gasteiger partial charge in [0.25, 0.3) is 5.91 Å². The van der Waals surface area contributed by atoms with Crippen molar-refractivity contribution in [2.24, 2.45) is 0 Å². The van der Waals surface area contributed by atoms with Gasteiger partial charge in [-0.1, -0.05) is 30.0 Å². The number of nitrogens with zero attached hydrogens (tertiary/aromatic N) is 1. The summed E-state index contributed by atoms with van der Waals surface area (Å²) in [6, 6.07) is 12.9. The average Bonchev–Trinajstić information content (AvgIpc) is 2.96. The molecule has 1 amide bonds. The lowest BCUT2D eigenvalue weighted by Crippen LogP contribution is -2.27. The molecule has 0 aromatic heterocycles. The summed E-state index contributed by atoms with van der Waals surface area (Å²) in [6.07, 6.45) is 1.82. The van der Waals surface area contributed by atoms with E-state index in [-0.39, 0.29) is 5.91 Å². The molecule has 1 saturated heterocycles. The van der Waals surface area contributed by atoms with Gasteiger partial charge in [0.05, 0.1) is 30.9 Å². The monoisotopic (exact) mass is 415 g/mol. The first-order chi connectivity index (χ1) is 13.6. The normalized spacial score (nSPS) is 15.2. The molecule has 0 atom stereocenters.